The number of hydrogen-bond donors (Lipinski definition) is 0. The molecule has 0 saturated carbocycles. The van der Waals surface area contributed by atoms with E-state index in [4.69, 9.17) is 23.2 Å². The molecule has 4 heteroatoms. The van der Waals surface area contributed by atoms with E-state index in [0.717, 1.165) is 29.0 Å². The van der Waals surface area contributed by atoms with Crippen molar-refractivity contribution in [2.45, 2.75) is 25.6 Å². The van der Waals surface area contributed by atoms with Crippen LogP contribution in [0.25, 0.3) is 16.7 Å². The zero-order valence-electron chi connectivity index (χ0n) is 12.0. The van der Waals surface area contributed by atoms with Gasteiger partial charge in [0, 0.05) is 10.7 Å². The van der Waals surface area contributed by atoms with Crippen LogP contribution in [0.4, 0.5) is 0 Å². The molecule has 108 valence electrons. The maximum atomic E-state index is 6.33. The summed E-state index contributed by atoms with van der Waals surface area (Å²) in [7, 11) is 0. The van der Waals surface area contributed by atoms with Gasteiger partial charge in [0.05, 0.1) is 16.4 Å². The summed E-state index contributed by atoms with van der Waals surface area (Å²) in [6, 6.07) is 14.2. The molecule has 21 heavy (non-hydrogen) atoms. The van der Waals surface area contributed by atoms with Crippen molar-refractivity contribution >= 4 is 34.2 Å². The molecule has 3 aromatic rings. The third-order valence-corrected chi connectivity index (χ3v) is 4.01. The summed E-state index contributed by atoms with van der Waals surface area (Å²) in [5, 5.41) is 0.504. The van der Waals surface area contributed by atoms with Crippen LogP contribution in [0, 0.1) is 0 Å². The lowest BCUT2D eigenvalue weighted by molar-refractivity contribution is 0.881. The molecule has 0 fully saturated rings. The number of aryl methyl sites for hydroxylation is 1. The van der Waals surface area contributed by atoms with Gasteiger partial charge in [-0.1, -0.05) is 30.7 Å². The largest absolute Gasteiger partial charge is 0.295 e. The van der Waals surface area contributed by atoms with Gasteiger partial charge in [0.15, 0.2) is 0 Å². The first-order valence-corrected chi connectivity index (χ1v) is 7.83. The maximum Gasteiger partial charge on any atom is 0.132 e. The Labute approximate surface area is 134 Å². The summed E-state index contributed by atoms with van der Waals surface area (Å²) < 4.78 is 2.11. The van der Waals surface area contributed by atoms with E-state index in [1.165, 1.54) is 5.56 Å². The standard InChI is InChI=1S/C17H16Cl2N2/c1-3-12-5-4-6-14(9-12)21-16-8-7-13(19)10-15(16)20-17(21)11(2)18/h4-11H,3H2,1-2H3. The van der Waals surface area contributed by atoms with Crippen LogP contribution in [0.2, 0.25) is 5.02 Å². The summed E-state index contributed by atoms with van der Waals surface area (Å²) in [5.74, 6) is 0.835. The Hall–Kier alpha value is -1.51. The summed E-state index contributed by atoms with van der Waals surface area (Å²) >= 11 is 12.4. The Bertz CT molecular complexity index is 791. The van der Waals surface area contributed by atoms with Crippen LogP contribution in [0.1, 0.15) is 30.6 Å². The first-order chi connectivity index (χ1) is 10.1. The maximum absolute atomic E-state index is 6.33. The lowest BCUT2D eigenvalue weighted by atomic mass is 10.1. The van der Waals surface area contributed by atoms with Crippen LogP contribution < -0.4 is 0 Å². The third kappa shape index (κ3) is 2.66. The summed E-state index contributed by atoms with van der Waals surface area (Å²) in [6.07, 6.45) is 0.998. The van der Waals surface area contributed by atoms with Gasteiger partial charge in [-0.2, -0.15) is 0 Å². The molecule has 1 atom stereocenters. The first kappa shape index (κ1) is 14.4. The van der Waals surface area contributed by atoms with Gasteiger partial charge in [-0.15, -0.1) is 11.6 Å². The molecule has 2 nitrogen and oxygen atoms in total. The zero-order chi connectivity index (χ0) is 15.0. The topological polar surface area (TPSA) is 17.8 Å². The molecule has 0 amide bonds. The van der Waals surface area contributed by atoms with E-state index in [0.29, 0.717) is 5.02 Å². The lowest BCUT2D eigenvalue weighted by Crippen LogP contribution is -2.02. The summed E-state index contributed by atoms with van der Waals surface area (Å²) in [4.78, 5) is 4.65. The smallest absolute Gasteiger partial charge is 0.132 e. The third-order valence-electron chi connectivity index (χ3n) is 3.58. The number of halogens is 2. The number of nitrogens with zero attached hydrogens (tertiary/aromatic N) is 2. The first-order valence-electron chi connectivity index (χ1n) is 7.01. The van der Waals surface area contributed by atoms with Crippen LogP contribution >= 0.6 is 23.2 Å². The molecule has 0 bridgehead atoms. The van der Waals surface area contributed by atoms with Crippen molar-refractivity contribution < 1.29 is 0 Å². The van der Waals surface area contributed by atoms with Gasteiger partial charge < -0.3 is 0 Å². The molecule has 0 spiro atoms. The molecule has 0 aliphatic heterocycles. The Kier molecular flexibility index (Phi) is 3.92. The van der Waals surface area contributed by atoms with Crippen molar-refractivity contribution in [1.82, 2.24) is 9.55 Å². The monoisotopic (exact) mass is 318 g/mol. The zero-order valence-corrected chi connectivity index (χ0v) is 13.5. The molecule has 1 aromatic heterocycles. The van der Waals surface area contributed by atoms with Crippen molar-refractivity contribution in [2.75, 3.05) is 0 Å². The normalized spacial score (nSPS) is 12.8. The van der Waals surface area contributed by atoms with E-state index in [1.54, 1.807) is 0 Å². The van der Waals surface area contributed by atoms with Crippen LogP contribution in [0.3, 0.4) is 0 Å². The highest BCUT2D eigenvalue weighted by atomic mass is 35.5. The van der Waals surface area contributed by atoms with E-state index in [9.17, 15) is 0 Å². The molecule has 0 saturated heterocycles. The van der Waals surface area contributed by atoms with Crippen molar-refractivity contribution in [2.24, 2.45) is 0 Å². The molecule has 1 heterocycles. The average molecular weight is 319 g/mol. The molecule has 0 N–H and O–H groups in total. The Morgan fingerprint density at radius 2 is 2.00 bits per heavy atom. The number of alkyl halides is 1. The number of benzene rings is 2. The second-order valence-electron chi connectivity index (χ2n) is 5.08. The van der Waals surface area contributed by atoms with Gasteiger partial charge in [-0.05, 0) is 49.2 Å². The molecule has 1 unspecified atom stereocenters. The minimum absolute atomic E-state index is 0.179. The van der Waals surface area contributed by atoms with Gasteiger partial charge >= 0.3 is 0 Å². The predicted octanol–water partition coefficient (Wildman–Crippen LogP) is 5.54. The van der Waals surface area contributed by atoms with Crippen LogP contribution in [0.15, 0.2) is 42.5 Å². The van der Waals surface area contributed by atoms with Gasteiger partial charge in [0.25, 0.3) is 0 Å². The predicted molar refractivity (Wildman–Crippen MR) is 89.7 cm³/mol. The minimum atomic E-state index is -0.179. The summed E-state index contributed by atoms with van der Waals surface area (Å²) in [5.41, 5.74) is 4.26. The molecular weight excluding hydrogens is 303 g/mol. The van der Waals surface area contributed by atoms with Crippen LogP contribution in [-0.2, 0) is 6.42 Å². The fourth-order valence-corrected chi connectivity index (χ4v) is 2.84. The molecule has 0 aliphatic rings. The number of rotatable bonds is 3. The lowest BCUT2D eigenvalue weighted by Gasteiger charge is -2.11. The molecule has 0 aliphatic carbocycles. The highest BCUT2D eigenvalue weighted by Gasteiger charge is 2.16. The highest BCUT2D eigenvalue weighted by molar-refractivity contribution is 6.31. The van der Waals surface area contributed by atoms with E-state index < -0.39 is 0 Å². The average Bonchev–Trinajstić information content (AvgIpc) is 2.86. The molecule has 2 aromatic carbocycles. The Morgan fingerprint density at radius 1 is 1.19 bits per heavy atom. The van der Waals surface area contributed by atoms with Crippen molar-refractivity contribution in [3.63, 3.8) is 0 Å². The quantitative estimate of drug-likeness (QED) is 0.579. The number of aromatic nitrogens is 2. The van der Waals surface area contributed by atoms with Crippen LogP contribution in [-0.4, -0.2) is 9.55 Å². The number of hydrogen-bond acceptors (Lipinski definition) is 1. The fraction of sp³-hybridized carbons (Fsp3) is 0.235. The van der Waals surface area contributed by atoms with Gasteiger partial charge in [-0.3, -0.25) is 4.57 Å². The second-order valence-corrected chi connectivity index (χ2v) is 6.17. The SMILES string of the molecule is CCc1cccc(-n2c(C(C)Cl)nc3cc(Cl)ccc32)c1. The van der Waals surface area contributed by atoms with E-state index in [-0.39, 0.29) is 5.38 Å². The van der Waals surface area contributed by atoms with Gasteiger partial charge in [0.1, 0.15) is 5.82 Å². The van der Waals surface area contributed by atoms with Crippen molar-refractivity contribution in [3.05, 3.63) is 58.9 Å². The van der Waals surface area contributed by atoms with E-state index in [2.05, 4.69) is 40.7 Å². The Balaban J connectivity index is 2.30. The number of imidazole rings is 1. The molecule has 3 rings (SSSR count). The number of fused-ring (bicyclic) bond motifs is 1. The van der Waals surface area contributed by atoms with Crippen molar-refractivity contribution in [1.29, 1.82) is 0 Å². The Morgan fingerprint density at radius 3 is 2.71 bits per heavy atom. The molecular formula is C17H16Cl2N2. The minimum Gasteiger partial charge on any atom is -0.295 e. The molecule has 0 radical (unpaired) electrons. The van der Waals surface area contributed by atoms with Gasteiger partial charge in [0.2, 0.25) is 0 Å². The fourth-order valence-electron chi connectivity index (χ4n) is 2.53. The van der Waals surface area contributed by atoms with E-state index in [1.807, 2.05) is 25.1 Å². The van der Waals surface area contributed by atoms with Crippen molar-refractivity contribution in [3.8, 4) is 5.69 Å². The summed E-state index contributed by atoms with van der Waals surface area (Å²) in [6.45, 7) is 4.08. The second kappa shape index (κ2) is 5.70. The van der Waals surface area contributed by atoms with E-state index >= 15 is 0 Å². The van der Waals surface area contributed by atoms with Gasteiger partial charge in [-0.25, -0.2) is 4.98 Å². The van der Waals surface area contributed by atoms with Crippen LogP contribution in [0.5, 0.6) is 0 Å². The highest BCUT2D eigenvalue weighted by Crippen LogP contribution is 2.29.